The van der Waals surface area contributed by atoms with Gasteiger partial charge in [-0.15, -0.1) is 0 Å². The summed E-state index contributed by atoms with van der Waals surface area (Å²) < 4.78 is 40.0. The molecule has 9 heteroatoms. The van der Waals surface area contributed by atoms with Crippen molar-refractivity contribution in [1.29, 1.82) is 0 Å². The summed E-state index contributed by atoms with van der Waals surface area (Å²) in [7, 11) is -3.73. The normalized spacial score (nSPS) is 15.9. The smallest absolute Gasteiger partial charge is 0.254 e. The van der Waals surface area contributed by atoms with Crippen LogP contribution in [0.4, 0.5) is 4.39 Å². The Labute approximate surface area is 161 Å². The molecule has 0 bridgehead atoms. The Morgan fingerprint density at radius 1 is 0.962 bits per heavy atom. The van der Waals surface area contributed by atoms with E-state index in [0.717, 1.165) is 0 Å². The van der Waals surface area contributed by atoms with Gasteiger partial charge in [0, 0.05) is 31.7 Å². The average molecular weight is 417 g/mol. The predicted octanol–water partition coefficient (Wildman–Crippen LogP) is 3.28. The van der Waals surface area contributed by atoms with Crippen molar-refractivity contribution in [3.05, 3.63) is 63.9 Å². The second-order valence-electron chi connectivity index (χ2n) is 5.78. The monoisotopic (exact) mass is 416 g/mol. The predicted molar refractivity (Wildman–Crippen MR) is 97.5 cm³/mol. The molecule has 3 rings (SSSR count). The zero-order chi connectivity index (χ0) is 18.9. The molecule has 2 aromatic carbocycles. The molecule has 0 radical (unpaired) electrons. The van der Waals surface area contributed by atoms with Gasteiger partial charge in [-0.2, -0.15) is 4.31 Å². The minimum Gasteiger partial charge on any atom is -0.336 e. The van der Waals surface area contributed by atoms with Gasteiger partial charge in [0.05, 0.1) is 14.9 Å². The lowest BCUT2D eigenvalue weighted by atomic mass is 10.2. The number of rotatable bonds is 3. The van der Waals surface area contributed by atoms with E-state index in [2.05, 4.69) is 0 Å². The zero-order valence-electron chi connectivity index (χ0n) is 13.5. The molecule has 0 spiro atoms. The van der Waals surface area contributed by atoms with Crippen molar-refractivity contribution in [1.82, 2.24) is 9.21 Å². The maximum absolute atomic E-state index is 13.3. The molecular weight excluding hydrogens is 402 g/mol. The van der Waals surface area contributed by atoms with Crippen molar-refractivity contribution in [2.75, 3.05) is 26.2 Å². The van der Waals surface area contributed by atoms with Crippen molar-refractivity contribution in [2.45, 2.75) is 4.90 Å². The van der Waals surface area contributed by atoms with E-state index in [1.165, 1.54) is 51.7 Å². The highest BCUT2D eigenvalue weighted by molar-refractivity contribution is 7.89. The highest BCUT2D eigenvalue weighted by atomic mass is 35.5. The summed E-state index contributed by atoms with van der Waals surface area (Å²) in [5.41, 5.74) is 0.241. The van der Waals surface area contributed by atoms with Crippen LogP contribution in [0.3, 0.4) is 0 Å². The summed E-state index contributed by atoms with van der Waals surface area (Å²) in [5.74, 6) is -0.812. The molecule has 26 heavy (non-hydrogen) atoms. The molecule has 0 unspecified atom stereocenters. The van der Waals surface area contributed by atoms with Gasteiger partial charge in [0.15, 0.2) is 0 Å². The first-order valence-electron chi connectivity index (χ1n) is 7.79. The second kappa shape index (κ2) is 7.52. The minimum absolute atomic E-state index is 0.0526. The minimum atomic E-state index is -3.73. The standard InChI is InChI=1S/C17H15Cl2FN2O3S/c18-15-5-4-14(11-16(15)19)26(24,25)22-8-6-21(7-9-22)17(23)12-2-1-3-13(20)10-12/h1-5,10-11H,6-9H2. The number of nitrogens with zero attached hydrogens (tertiary/aromatic N) is 2. The highest BCUT2D eigenvalue weighted by Gasteiger charge is 2.30. The number of hydrogen-bond donors (Lipinski definition) is 0. The van der Waals surface area contributed by atoms with Crippen LogP contribution in [0.25, 0.3) is 0 Å². The number of hydrogen-bond acceptors (Lipinski definition) is 3. The van der Waals surface area contributed by atoms with Crippen molar-refractivity contribution in [2.24, 2.45) is 0 Å². The molecule has 0 aromatic heterocycles. The molecule has 1 saturated heterocycles. The van der Waals surface area contributed by atoms with Gasteiger partial charge >= 0.3 is 0 Å². The van der Waals surface area contributed by atoms with E-state index in [9.17, 15) is 17.6 Å². The Morgan fingerprint density at radius 3 is 2.27 bits per heavy atom. The fraction of sp³-hybridized carbons (Fsp3) is 0.235. The summed E-state index contributed by atoms with van der Waals surface area (Å²) >= 11 is 11.7. The first-order chi connectivity index (χ1) is 12.3. The van der Waals surface area contributed by atoms with E-state index in [-0.39, 0.29) is 52.6 Å². The van der Waals surface area contributed by atoms with Gasteiger partial charge in [-0.25, -0.2) is 12.8 Å². The number of carbonyl (C=O) groups excluding carboxylic acids is 1. The molecular formula is C17H15Cl2FN2O3S. The number of sulfonamides is 1. The van der Waals surface area contributed by atoms with Crippen molar-refractivity contribution in [3.8, 4) is 0 Å². The van der Waals surface area contributed by atoms with Crippen molar-refractivity contribution in [3.63, 3.8) is 0 Å². The maximum Gasteiger partial charge on any atom is 0.254 e. The lowest BCUT2D eigenvalue weighted by Gasteiger charge is -2.34. The summed E-state index contributed by atoms with van der Waals surface area (Å²) in [6, 6.07) is 9.56. The maximum atomic E-state index is 13.3. The lowest BCUT2D eigenvalue weighted by Crippen LogP contribution is -2.50. The molecule has 2 aromatic rings. The number of carbonyl (C=O) groups is 1. The third-order valence-corrected chi connectivity index (χ3v) is 6.76. The Hall–Kier alpha value is -1.67. The van der Waals surface area contributed by atoms with Gasteiger partial charge in [0.25, 0.3) is 5.91 Å². The molecule has 1 aliphatic rings. The number of halogens is 3. The van der Waals surface area contributed by atoms with Crippen LogP contribution >= 0.6 is 23.2 Å². The third kappa shape index (κ3) is 3.86. The van der Waals surface area contributed by atoms with Crippen LogP contribution in [-0.2, 0) is 10.0 Å². The first kappa shape index (κ1) is 19.1. The molecule has 1 heterocycles. The van der Waals surface area contributed by atoms with Gasteiger partial charge in [0.1, 0.15) is 5.82 Å². The highest BCUT2D eigenvalue weighted by Crippen LogP contribution is 2.27. The fourth-order valence-electron chi connectivity index (χ4n) is 2.72. The Bertz CT molecular complexity index is 945. The van der Waals surface area contributed by atoms with Crippen LogP contribution in [0.5, 0.6) is 0 Å². The molecule has 0 saturated carbocycles. The quantitative estimate of drug-likeness (QED) is 0.771. The third-order valence-electron chi connectivity index (χ3n) is 4.13. The fourth-order valence-corrected chi connectivity index (χ4v) is 4.53. The molecule has 138 valence electrons. The summed E-state index contributed by atoms with van der Waals surface area (Å²) in [4.78, 5) is 14.0. The van der Waals surface area contributed by atoms with E-state index in [4.69, 9.17) is 23.2 Å². The van der Waals surface area contributed by atoms with E-state index < -0.39 is 15.8 Å². The summed E-state index contributed by atoms with van der Waals surface area (Å²) in [5, 5.41) is 0.434. The van der Waals surface area contributed by atoms with Crippen LogP contribution in [0, 0.1) is 5.82 Å². The van der Waals surface area contributed by atoms with Crippen LogP contribution in [0.1, 0.15) is 10.4 Å². The molecule has 5 nitrogen and oxygen atoms in total. The zero-order valence-corrected chi connectivity index (χ0v) is 15.9. The molecule has 0 N–H and O–H groups in total. The first-order valence-corrected chi connectivity index (χ1v) is 9.99. The second-order valence-corrected chi connectivity index (χ2v) is 8.53. The van der Waals surface area contributed by atoms with Gasteiger partial charge < -0.3 is 4.90 Å². The topological polar surface area (TPSA) is 57.7 Å². The Morgan fingerprint density at radius 2 is 1.65 bits per heavy atom. The van der Waals surface area contributed by atoms with Crippen LogP contribution in [-0.4, -0.2) is 49.7 Å². The number of amides is 1. The van der Waals surface area contributed by atoms with E-state index in [0.29, 0.717) is 0 Å². The molecule has 0 atom stereocenters. The summed E-state index contributed by atoms with van der Waals surface area (Å²) in [6.07, 6.45) is 0. The van der Waals surface area contributed by atoms with Crippen molar-refractivity contribution >= 4 is 39.1 Å². The molecule has 1 amide bonds. The average Bonchev–Trinajstić information content (AvgIpc) is 2.63. The SMILES string of the molecule is O=C(c1cccc(F)c1)N1CCN(S(=O)(=O)c2ccc(Cl)c(Cl)c2)CC1. The van der Waals surface area contributed by atoms with Gasteiger partial charge in [-0.05, 0) is 36.4 Å². The van der Waals surface area contributed by atoms with Crippen molar-refractivity contribution < 1.29 is 17.6 Å². The number of benzene rings is 2. The van der Waals surface area contributed by atoms with Crippen LogP contribution < -0.4 is 0 Å². The van der Waals surface area contributed by atoms with E-state index >= 15 is 0 Å². The summed E-state index contributed by atoms with van der Waals surface area (Å²) in [6.45, 7) is 0.721. The van der Waals surface area contributed by atoms with Crippen LogP contribution in [0.2, 0.25) is 10.0 Å². The van der Waals surface area contributed by atoms with Gasteiger partial charge in [-0.1, -0.05) is 29.3 Å². The molecule has 1 fully saturated rings. The molecule has 1 aliphatic heterocycles. The number of piperazine rings is 1. The molecule has 0 aliphatic carbocycles. The van der Waals surface area contributed by atoms with Gasteiger partial charge in [0.2, 0.25) is 10.0 Å². The van der Waals surface area contributed by atoms with Crippen LogP contribution in [0.15, 0.2) is 47.4 Å². The van der Waals surface area contributed by atoms with E-state index in [1.807, 2.05) is 0 Å². The van der Waals surface area contributed by atoms with Gasteiger partial charge in [-0.3, -0.25) is 4.79 Å². The Balaban J connectivity index is 1.71. The largest absolute Gasteiger partial charge is 0.336 e. The van der Waals surface area contributed by atoms with E-state index in [1.54, 1.807) is 0 Å². The lowest BCUT2D eigenvalue weighted by molar-refractivity contribution is 0.0697. The Kier molecular flexibility index (Phi) is 5.53.